The lowest BCUT2D eigenvalue weighted by Crippen LogP contribution is -2.13. The molecule has 18 heavy (non-hydrogen) atoms. The van der Waals surface area contributed by atoms with Gasteiger partial charge in [0.25, 0.3) is 0 Å². The zero-order chi connectivity index (χ0) is 13.9. The molecule has 1 rings (SSSR count). The van der Waals surface area contributed by atoms with Gasteiger partial charge in [-0.3, -0.25) is 0 Å². The second-order valence-electron chi connectivity index (χ2n) is 4.26. The summed E-state index contributed by atoms with van der Waals surface area (Å²) in [5, 5.41) is 0. The SMILES string of the molecule is C=C(C)C[C@H](N)c1cc(OC)cc(C(F)(F)F)c1. The van der Waals surface area contributed by atoms with Crippen molar-refractivity contribution in [2.45, 2.75) is 25.6 Å². The summed E-state index contributed by atoms with van der Waals surface area (Å²) in [6.07, 6.45) is -3.98. The van der Waals surface area contributed by atoms with Gasteiger partial charge in [0.15, 0.2) is 0 Å². The predicted molar refractivity (Wildman–Crippen MR) is 64.4 cm³/mol. The summed E-state index contributed by atoms with van der Waals surface area (Å²) in [5.74, 6) is 0.150. The van der Waals surface area contributed by atoms with E-state index in [9.17, 15) is 13.2 Å². The van der Waals surface area contributed by atoms with Crippen LogP contribution in [-0.4, -0.2) is 7.11 Å². The Morgan fingerprint density at radius 1 is 1.39 bits per heavy atom. The summed E-state index contributed by atoms with van der Waals surface area (Å²) >= 11 is 0. The molecule has 0 aromatic heterocycles. The van der Waals surface area contributed by atoms with Crippen LogP contribution in [0.15, 0.2) is 30.4 Å². The molecule has 2 N–H and O–H groups in total. The van der Waals surface area contributed by atoms with E-state index in [1.165, 1.54) is 13.2 Å². The molecule has 0 radical (unpaired) electrons. The molecule has 0 bridgehead atoms. The van der Waals surface area contributed by atoms with Gasteiger partial charge in [-0.15, -0.1) is 6.58 Å². The molecule has 100 valence electrons. The molecular weight excluding hydrogens is 243 g/mol. The van der Waals surface area contributed by atoms with Crippen LogP contribution in [0.2, 0.25) is 0 Å². The van der Waals surface area contributed by atoms with Crippen molar-refractivity contribution < 1.29 is 17.9 Å². The number of benzene rings is 1. The van der Waals surface area contributed by atoms with Crippen LogP contribution in [0.3, 0.4) is 0 Å². The van der Waals surface area contributed by atoms with E-state index in [2.05, 4.69) is 6.58 Å². The summed E-state index contributed by atoms with van der Waals surface area (Å²) < 4.78 is 43.0. The molecule has 0 unspecified atom stereocenters. The maximum Gasteiger partial charge on any atom is 0.416 e. The topological polar surface area (TPSA) is 35.2 Å². The Morgan fingerprint density at radius 3 is 2.44 bits per heavy atom. The Kier molecular flexibility index (Phi) is 4.40. The van der Waals surface area contributed by atoms with Gasteiger partial charge in [-0.2, -0.15) is 13.2 Å². The first-order valence-corrected chi connectivity index (χ1v) is 5.40. The third-order valence-corrected chi connectivity index (χ3v) is 2.49. The number of alkyl halides is 3. The number of hydrogen-bond donors (Lipinski definition) is 1. The van der Waals surface area contributed by atoms with Gasteiger partial charge in [0.2, 0.25) is 0 Å². The molecule has 0 heterocycles. The Labute approximate surface area is 104 Å². The quantitative estimate of drug-likeness (QED) is 0.837. The minimum absolute atomic E-state index is 0.150. The van der Waals surface area contributed by atoms with Crippen molar-refractivity contribution in [2.75, 3.05) is 7.11 Å². The van der Waals surface area contributed by atoms with Crippen LogP contribution in [0.1, 0.15) is 30.5 Å². The Balaban J connectivity index is 3.15. The van der Waals surface area contributed by atoms with E-state index >= 15 is 0 Å². The zero-order valence-electron chi connectivity index (χ0n) is 10.3. The van der Waals surface area contributed by atoms with Crippen molar-refractivity contribution in [3.05, 3.63) is 41.5 Å². The molecular formula is C13H16F3NO. The number of ether oxygens (including phenoxy) is 1. The smallest absolute Gasteiger partial charge is 0.416 e. The third kappa shape index (κ3) is 3.77. The minimum atomic E-state index is -4.41. The lowest BCUT2D eigenvalue weighted by molar-refractivity contribution is -0.137. The van der Waals surface area contributed by atoms with E-state index in [1.54, 1.807) is 6.92 Å². The van der Waals surface area contributed by atoms with Crippen LogP contribution in [0.25, 0.3) is 0 Å². The Hall–Kier alpha value is -1.49. The Morgan fingerprint density at radius 2 is 2.00 bits per heavy atom. The second kappa shape index (κ2) is 5.44. The fourth-order valence-corrected chi connectivity index (χ4v) is 1.61. The molecule has 0 fully saturated rings. The van der Waals surface area contributed by atoms with Gasteiger partial charge in [0, 0.05) is 6.04 Å². The lowest BCUT2D eigenvalue weighted by atomic mass is 9.99. The van der Waals surface area contributed by atoms with Gasteiger partial charge >= 0.3 is 6.18 Å². The lowest BCUT2D eigenvalue weighted by Gasteiger charge is -2.16. The molecule has 2 nitrogen and oxygen atoms in total. The van der Waals surface area contributed by atoms with Crippen molar-refractivity contribution in [1.29, 1.82) is 0 Å². The van der Waals surface area contributed by atoms with Crippen molar-refractivity contribution in [3.8, 4) is 5.75 Å². The number of nitrogens with two attached hydrogens (primary N) is 1. The van der Waals surface area contributed by atoms with Crippen LogP contribution in [0, 0.1) is 0 Å². The first-order valence-electron chi connectivity index (χ1n) is 5.40. The van der Waals surface area contributed by atoms with Crippen molar-refractivity contribution in [2.24, 2.45) is 5.73 Å². The fraction of sp³-hybridized carbons (Fsp3) is 0.385. The maximum atomic E-state index is 12.7. The van der Waals surface area contributed by atoms with Crippen LogP contribution in [0.5, 0.6) is 5.75 Å². The summed E-state index contributed by atoms with van der Waals surface area (Å²) in [6.45, 7) is 5.48. The minimum Gasteiger partial charge on any atom is -0.497 e. The van der Waals surface area contributed by atoms with E-state index in [4.69, 9.17) is 10.5 Å². The number of methoxy groups -OCH3 is 1. The van der Waals surface area contributed by atoms with Gasteiger partial charge in [-0.05, 0) is 37.1 Å². The maximum absolute atomic E-state index is 12.7. The van der Waals surface area contributed by atoms with Gasteiger partial charge in [-0.25, -0.2) is 0 Å². The predicted octanol–water partition coefficient (Wildman–Crippen LogP) is 3.68. The highest BCUT2D eigenvalue weighted by Gasteiger charge is 2.31. The average molecular weight is 259 g/mol. The van der Waals surface area contributed by atoms with Crippen LogP contribution in [-0.2, 0) is 6.18 Å². The summed E-state index contributed by atoms with van der Waals surface area (Å²) in [4.78, 5) is 0. The van der Waals surface area contributed by atoms with E-state index in [1.807, 2.05) is 0 Å². The number of hydrogen-bond acceptors (Lipinski definition) is 2. The first-order chi connectivity index (χ1) is 8.24. The molecule has 1 aromatic carbocycles. The molecule has 0 saturated heterocycles. The first kappa shape index (κ1) is 14.6. The van der Waals surface area contributed by atoms with Crippen LogP contribution < -0.4 is 10.5 Å². The molecule has 0 aliphatic carbocycles. The second-order valence-corrected chi connectivity index (χ2v) is 4.26. The third-order valence-electron chi connectivity index (χ3n) is 2.49. The molecule has 0 saturated carbocycles. The number of halogens is 3. The van der Waals surface area contributed by atoms with Crippen LogP contribution in [0.4, 0.5) is 13.2 Å². The molecule has 1 aromatic rings. The van der Waals surface area contributed by atoms with Crippen molar-refractivity contribution in [3.63, 3.8) is 0 Å². The summed E-state index contributed by atoms with van der Waals surface area (Å²) in [7, 11) is 1.32. The Bertz CT molecular complexity index is 440. The van der Waals surface area contributed by atoms with Gasteiger partial charge in [0.05, 0.1) is 12.7 Å². The van der Waals surface area contributed by atoms with E-state index in [-0.39, 0.29) is 5.75 Å². The van der Waals surface area contributed by atoms with Gasteiger partial charge in [-0.1, -0.05) is 5.57 Å². The van der Waals surface area contributed by atoms with E-state index < -0.39 is 17.8 Å². The molecule has 0 spiro atoms. The van der Waals surface area contributed by atoms with Gasteiger partial charge < -0.3 is 10.5 Å². The molecule has 0 aliphatic heterocycles. The summed E-state index contributed by atoms with van der Waals surface area (Å²) in [6, 6.07) is 3.01. The highest BCUT2D eigenvalue weighted by molar-refractivity contribution is 5.37. The molecule has 1 atom stereocenters. The zero-order valence-corrected chi connectivity index (χ0v) is 10.3. The monoisotopic (exact) mass is 259 g/mol. The van der Waals surface area contributed by atoms with E-state index in [0.717, 1.165) is 17.7 Å². The standard InChI is InChI=1S/C13H16F3NO/c1-8(2)4-12(17)9-5-10(13(14,15)16)7-11(6-9)18-3/h5-7,12H,1,4,17H2,2-3H3/t12-/m0/s1. The fourth-order valence-electron chi connectivity index (χ4n) is 1.61. The van der Waals surface area contributed by atoms with E-state index in [0.29, 0.717) is 12.0 Å². The highest BCUT2D eigenvalue weighted by atomic mass is 19.4. The average Bonchev–Trinajstić information content (AvgIpc) is 2.26. The molecule has 5 heteroatoms. The highest BCUT2D eigenvalue weighted by Crippen LogP contribution is 2.34. The summed E-state index contributed by atoms with van der Waals surface area (Å²) in [5.41, 5.74) is 6.30. The largest absolute Gasteiger partial charge is 0.497 e. The van der Waals surface area contributed by atoms with Crippen molar-refractivity contribution in [1.82, 2.24) is 0 Å². The normalized spacial score (nSPS) is 13.2. The molecule has 0 amide bonds. The van der Waals surface area contributed by atoms with Gasteiger partial charge in [0.1, 0.15) is 5.75 Å². The van der Waals surface area contributed by atoms with Crippen LogP contribution >= 0.6 is 0 Å². The van der Waals surface area contributed by atoms with Crippen molar-refractivity contribution >= 4 is 0 Å². The number of rotatable bonds is 4. The molecule has 0 aliphatic rings.